The van der Waals surface area contributed by atoms with Crippen LogP contribution >= 0.6 is 15.9 Å². The lowest BCUT2D eigenvalue weighted by atomic mass is 10.2. The minimum atomic E-state index is -0.0139. The van der Waals surface area contributed by atoms with Crippen LogP contribution in [0.1, 0.15) is 18.9 Å². The average molecular weight is 315 g/mol. The van der Waals surface area contributed by atoms with Crippen LogP contribution in [0.25, 0.3) is 0 Å². The van der Waals surface area contributed by atoms with Crippen LogP contribution in [-0.2, 0) is 11.3 Å². The van der Waals surface area contributed by atoms with Crippen LogP contribution in [0.2, 0.25) is 0 Å². The van der Waals surface area contributed by atoms with Gasteiger partial charge >= 0.3 is 0 Å². The number of halogens is 1. The molecule has 0 bridgehead atoms. The summed E-state index contributed by atoms with van der Waals surface area (Å²) < 4.78 is 6.60. The smallest absolute Gasteiger partial charge is 0.223 e. The minimum Gasteiger partial charge on any atom is -0.493 e. The van der Waals surface area contributed by atoms with Crippen LogP contribution in [0.4, 0.5) is 0 Å². The Morgan fingerprint density at radius 2 is 2.22 bits per heavy atom. The van der Waals surface area contributed by atoms with E-state index in [2.05, 4.69) is 33.5 Å². The van der Waals surface area contributed by atoms with Crippen molar-refractivity contribution in [2.75, 3.05) is 20.2 Å². The Hall–Kier alpha value is -1.07. The monoisotopic (exact) mass is 314 g/mol. The molecule has 4 nitrogen and oxygen atoms in total. The zero-order chi connectivity index (χ0) is 13.4. The van der Waals surface area contributed by atoms with Gasteiger partial charge in [-0.05, 0) is 30.3 Å². The first-order chi connectivity index (χ1) is 8.67. The maximum atomic E-state index is 11.1. The summed E-state index contributed by atoms with van der Waals surface area (Å²) in [5, 5.41) is 5.83. The number of carbonyl (C=O) groups is 1. The first kappa shape index (κ1) is 15.0. The Bertz CT molecular complexity index is 397. The molecule has 2 N–H and O–H groups in total. The molecule has 0 heterocycles. The predicted octanol–water partition coefficient (Wildman–Crippen LogP) is 2.07. The van der Waals surface area contributed by atoms with Gasteiger partial charge in [0.25, 0.3) is 0 Å². The third kappa shape index (κ3) is 5.06. The molecule has 1 amide bonds. The van der Waals surface area contributed by atoms with Crippen LogP contribution in [0, 0.1) is 0 Å². The molecule has 0 aromatic heterocycles. The largest absolute Gasteiger partial charge is 0.493 e. The van der Waals surface area contributed by atoms with Gasteiger partial charge in [-0.15, -0.1) is 0 Å². The quantitative estimate of drug-likeness (QED) is 0.810. The van der Waals surface area contributed by atoms with Crippen molar-refractivity contribution in [3.63, 3.8) is 0 Å². The zero-order valence-electron chi connectivity index (χ0n) is 10.8. The van der Waals surface area contributed by atoms with E-state index in [-0.39, 0.29) is 5.91 Å². The fraction of sp³-hybridized carbons (Fsp3) is 0.462. The molecule has 18 heavy (non-hydrogen) atoms. The third-order valence-electron chi connectivity index (χ3n) is 2.46. The van der Waals surface area contributed by atoms with Gasteiger partial charge in [-0.1, -0.05) is 22.9 Å². The predicted molar refractivity (Wildman–Crippen MR) is 75.7 cm³/mol. The zero-order valence-corrected chi connectivity index (χ0v) is 12.3. The van der Waals surface area contributed by atoms with Crippen molar-refractivity contribution in [2.24, 2.45) is 0 Å². The number of nitrogens with one attached hydrogen (secondary N) is 2. The fourth-order valence-corrected chi connectivity index (χ4v) is 1.81. The summed E-state index contributed by atoms with van der Waals surface area (Å²) in [6.07, 6.45) is 0.370. The highest BCUT2D eigenvalue weighted by Gasteiger charge is 2.03. The Morgan fingerprint density at radius 3 is 2.89 bits per heavy atom. The standard InChI is InChI=1S/C13H19BrN2O2/c1-3-16-9-10-8-11(4-5-12(10)14)18-7-6-13(17)15-2/h4-5,8,16H,3,6-7,9H2,1-2H3,(H,15,17). The maximum Gasteiger partial charge on any atom is 0.223 e. The van der Waals surface area contributed by atoms with Gasteiger partial charge in [0.15, 0.2) is 0 Å². The fourth-order valence-electron chi connectivity index (χ4n) is 1.42. The molecule has 5 heteroatoms. The second-order valence-corrected chi connectivity index (χ2v) is 4.66. The van der Waals surface area contributed by atoms with Gasteiger partial charge in [-0.2, -0.15) is 0 Å². The Morgan fingerprint density at radius 1 is 1.44 bits per heavy atom. The molecule has 100 valence electrons. The molecule has 0 saturated carbocycles. The van der Waals surface area contributed by atoms with E-state index in [0.717, 1.165) is 28.9 Å². The molecule has 0 fully saturated rings. The van der Waals surface area contributed by atoms with E-state index in [1.54, 1.807) is 7.05 Å². The lowest BCUT2D eigenvalue weighted by Gasteiger charge is -2.10. The van der Waals surface area contributed by atoms with Gasteiger partial charge in [0.1, 0.15) is 5.75 Å². The van der Waals surface area contributed by atoms with Gasteiger partial charge in [0, 0.05) is 18.1 Å². The van der Waals surface area contributed by atoms with E-state index in [9.17, 15) is 4.79 Å². The molecule has 0 saturated heterocycles. The number of amides is 1. The molecule has 1 aromatic rings. The molecular formula is C13H19BrN2O2. The number of hydrogen-bond donors (Lipinski definition) is 2. The Kier molecular flexibility index (Phi) is 6.75. The molecule has 0 unspecified atom stereocenters. The molecule has 0 atom stereocenters. The van der Waals surface area contributed by atoms with E-state index in [4.69, 9.17) is 4.74 Å². The molecule has 1 aromatic carbocycles. The molecule has 0 aliphatic carbocycles. The van der Waals surface area contributed by atoms with Crippen molar-refractivity contribution in [3.05, 3.63) is 28.2 Å². The van der Waals surface area contributed by atoms with Crippen molar-refractivity contribution in [2.45, 2.75) is 19.9 Å². The van der Waals surface area contributed by atoms with E-state index in [1.807, 2.05) is 18.2 Å². The maximum absolute atomic E-state index is 11.1. The summed E-state index contributed by atoms with van der Waals surface area (Å²) >= 11 is 3.50. The van der Waals surface area contributed by atoms with Crippen LogP contribution in [0.5, 0.6) is 5.75 Å². The van der Waals surface area contributed by atoms with Gasteiger partial charge in [0.2, 0.25) is 5.91 Å². The van der Waals surface area contributed by atoms with Gasteiger partial charge in [-0.3, -0.25) is 4.79 Å². The van der Waals surface area contributed by atoms with E-state index in [1.165, 1.54) is 0 Å². The summed E-state index contributed by atoms with van der Waals surface area (Å²) in [4.78, 5) is 11.1. The minimum absolute atomic E-state index is 0.0139. The molecule has 0 spiro atoms. The number of rotatable bonds is 7. The van der Waals surface area contributed by atoms with Crippen molar-refractivity contribution in [1.82, 2.24) is 10.6 Å². The summed E-state index contributed by atoms with van der Waals surface area (Å²) in [6, 6.07) is 5.84. The van der Waals surface area contributed by atoms with Crippen LogP contribution < -0.4 is 15.4 Å². The van der Waals surface area contributed by atoms with E-state index in [0.29, 0.717) is 13.0 Å². The van der Waals surface area contributed by atoms with Crippen molar-refractivity contribution in [3.8, 4) is 5.75 Å². The number of ether oxygens (including phenoxy) is 1. The highest BCUT2D eigenvalue weighted by molar-refractivity contribution is 9.10. The van der Waals surface area contributed by atoms with Crippen LogP contribution in [0.15, 0.2) is 22.7 Å². The molecule has 0 aliphatic heterocycles. The van der Waals surface area contributed by atoms with Gasteiger partial charge in [-0.25, -0.2) is 0 Å². The molecular weight excluding hydrogens is 296 g/mol. The van der Waals surface area contributed by atoms with Crippen molar-refractivity contribution >= 4 is 21.8 Å². The summed E-state index contributed by atoms with van der Waals surface area (Å²) in [6.45, 7) is 4.18. The normalized spacial score (nSPS) is 10.2. The summed E-state index contributed by atoms with van der Waals surface area (Å²) in [7, 11) is 1.62. The second-order valence-electron chi connectivity index (χ2n) is 3.81. The van der Waals surface area contributed by atoms with Crippen LogP contribution in [-0.4, -0.2) is 26.1 Å². The SMILES string of the molecule is CCNCc1cc(OCCC(=O)NC)ccc1Br. The molecule has 1 rings (SSSR count). The number of benzene rings is 1. The van der Waals surface area contributed by atoms with Crippen molar-refractivity contribution < 1.29 is 9.53 Å². The summed E-state index contributed by atoms with van der Waals surface area (Å²) in [5.41, 5.74) is 1.15. The van der Waals surface area contributed by atoms with Crippen molar-refractivity contribution in [1.29, 1.82) is 0 Å². The first-order valence-corrected chi connectivity index (χ1v) is 6.79. The molecule has 0 radical (unpaired) electrons. The number of hydrogen-bond acceptors (Lipinski definition) is 3. The Balaban J connectivity index is 2.53. The Labute approximate surface area is 116 Å². The van der Waals surface area contributed by atoms with Crippen LogP contribution in [0.3, 0.4) is 0 Å². The van der Waals surface area contributed by atoms with Gasteiger partial charge < -0.3 is 15.4 Å². The second kappa shape index (κ2) is 8.11. The first-order valence-electron chi connectivity index (χ1n) is 6.00. The highest BCUT2D eigenvalue weighted by atomic mass is 79.9. The van der Waals surface area contributed by atoms with Gasteiger partial charge in [0.05, 0.1) is 13.0 Å². The van der Waals surface area contributed by atoms with E-state index < -0.39 is 0 Å². The average Bonchev–Trinajstić information content (AvgIpc) is 2.38. The topological polar surface area (TPSA) is 50.4 Å². The third-order valence-corrected chi connectivity index (χ3v) is 3.23. The molecule has 0 aliphatic rings. The summed E-state index contributed by atoms with van der Waals surface area (Å²) in [5.74, 6) is 0.773. The van der Waals surface area contributed by atoms with E-state index >= 15 is 0 Å². The lowest BCUT2D eigenvalue weighted by Crippen LogP contribution is -2.20. The highest BCUT2D eigenvalue weighted by Crippen LogP contribution is 2.22. The lowest BCUT2D eigenvalue weighted by molar-refractivity contribution is -0.121. The number of carbonyl (C=O) groups excluding carboxylic acids is 1.